The number of benzene rings is 1. The minimum absolute atomic E-state index is 0.428. The molecule has 1 unspecified atom stereocenters. The fourth-order valence-electron chi connectivity index (χ4n) is 2.58. The standard InChI is InChI=1S/C17H24BrN3/c1-12(2)19-11-14(16-7-5-6-8-17(16)18)10-15-9-13(3)20-21(15)4/h5-9,12,14,19H,10-11H2,1-4H3. The van der Waals surface area contributed by atoms with Gasteiger partial charge >= 0.3 is 0 Å². The van der Waals surface area contributed by atoms with Crippen molar-refractivity contribution in [2.45, 2.75) is 39.2 Å². The zero-order valence-corrected chi connectivity index (χ0v) is 14.8. The summed E-state index contributed by atoms with van der Waals surface area (Å²) in [6.45, 7) is 7.38. The number of aromatic nitrogens is 2. The Morgan fingerprint density at radius 1 is 1.29 bits per heavy atom. The maximum atomic E-state index is 4.46. The third kappa shape index (κ3) is 4.42. The predicted octanol–water partition coefficient (Wildman–Crippen LogP) is 3.82. The number of hydrogen-bond acceptors (Lipinski definition) is 2. The summed E-state index contributed by atoms with van der Waals surface area (Å²) in [5.74, 6) is 0.428. The quantitative estimate of drug-likeness (QED) is 0.859. The van der Waals surface area contributed by atoms with E-state index in [1.807, 2.05) is 18.7 Å². The van der Waals surface area contributed by atoms with Crippen LogP contribution in [0, 0.1) is 6.92 Å². The summed E-state index contributed by atoms with van der Waals surface area (Å²) < 4.78 is 3.17. The van der Waals surface area contributed by atoms with Crippen molar-refractivity contribution in [3.8, 4) is 0 Å². The van der Waals surface area contributed by atoms with Crippen molar-refractivity contribution in [3.63, 3.8) is 0 Å². The molecule has 1 heterocycles. The van der Waals surface area contributed by atoms with E-state index in [4.69, 9.17) is 0 Å². The van der Waals surface area contributed by atoms with Gasteiger partial charge in [-0.05, 0) is 31.0 Å². The molecule has 2 rings (SSSR count). The van der Waals surface area contributed by atoms with Gasteiger partial charge in [-0.25, -0.2) is 0 Å². The van der Waals surface area contributed by atoms with E-state index in [2.05, 4.69) is 70.5 Å². The topological polar surface area (TPSA) is 29.9 Å². The molecular formula is C17H24BrN3. The summed E-state index contributed by atoms with van der Waals surface area (Å²) in [4.78, 5) is 0. The van der Waals surface area contributed by atoms with Crippen molar-refractivity contribution in [1.82, 2.24) is 15.1 Å². The molecule has 1 aromatic heterocycles. The van der Waals surface area contributed by atoms with Crippen LogP contribution in [-0.4, -0.2) is 22.4 Å². The van der Waals surface area contributed by atoms with Gasteiger partial charge in [0, 0.05) is 35.7 Å². The van der Waals surface area contributed by atoms with Crippen LogP contribution in [0.2, 0.25) is 0 Å². The summed E-state index contributed by atoms with van der Waals surface area (Å²) in [7, 11) is 2.02. The lowest BCUT2D eigenvalue weighted by Crippen LogP contribution is -2.29. The predicted molar refractivity (Wildman–Crippen MR) is 91.7 cm³/mol. The van der Waals surface area contributed by atoms with Crippen LogP contribution >= 0.6 is 15.9 Å². The molecule has 114 valence electrons. The highest BCUT2D eigenvalue weighted by atomic mass is 79.9. The van der Waals surface area contributed by atoms with Crippen LogP contribution in [0.3, 0.4) is 0 Å². The lowest BCUT2D eigenvalue weighted by Gasteiger charge is -2.21. The van der Waals surface area contributed by atoms with E-state index in [1.54, 1.807) is 0 Å². The van der Waals surface area contributed by atoms with E-state index in [1.165, 1.54) is 15.7 Å². The van der Waals surface area contributed by atoms with Gasteiger partial charge in [-0.2, -0.15) is 5.10 Å². The highest BCUT2D eigenvalue weighted by molar-refractivity contribution is 9.10. The second kappa shape index (κ2) is 7.23. The molecule has 0 aliphatic heterocycles. The Hall–Kier alpha value is -1.13. The first-order valence-corrected chi connectivity index (χ1v) is 8.24. The van der Waals surface area contributed by atoms with Crippen LogP contribution in [0.5, 0.6) is 0 Å². The number of nitrogens with one attached hydrogen (secondary N) is 1. The van der Waals surface area contributed by atoms with Crippen LogP contribution in [-0.2, 0) is 13.5 Å². The number of rotatable bonds is 6. The maximum Gasteiger partial charge on any atom is 0.0596 e. The lowest BCUT2D eigenvalue weighted by atomic mass is 9.93. The molecule has 1 aromatic carbocycles. The molecule has 0 bridgehead atoms. The molecule has 0 saturated heterocycles. The van der Waals surface area contributed by atoms with Gasteiger partial charge in [0.15, 0.2) is 0 Å². The lowest BCUT2D eigenvalue weighted by molar-refractivity contribution is 0.515. The monoisotopic (exact) mass is 349 g/mol. The Kier molecular flexibility index (Phi) is 5.59. The molecule has 0 aliphatic rings. The molecule has 0 radical (unpaired) electrons. The van der Waals surface area contributed by atoms with Crippen molar-refractivity contribution in [2.24, 2.45) is 7.05 Å². The first kappa shape index (κ1) is 16.2. The van der Waals surface area contributed by atoms with Gasteiger partial charge in [0.25, 0.3) is 0 Å². The van der Waals surface area contributed by atoms with Gasteiger partial charge in [0.1, 0.15) is 0 Å². The van der Waals surface area contributed by atoms with E-state index in [-0.39, 0.29) is 0 Å². The molecule has 0 saturated carbocycles. The second-order valence-electron chi connectivity index (χ2n) is 5.89. The van der Waals surface area contributed by atoms with Crippen molar-refractivity contribution in [2.75, 3.05) is 6.54 Å². The average molecular weight is 350 g/mol. The zero-order chi connectivity index (χ0) is 15.4. The molecule has 0 spiro atoms. The van der Waals surface area contributed by atoms with Gasteiger partial charge in [-0.3, -0.25) is 4.68 Å². The number of halogens is 1. The van der Waals surface area contributed by atoms with Crippen LogP contribution in [0.1, 0.15) is 36.7 Å². The third-order valence-electron chi connectivity index (χ3n) is 3.67. The summed E-state index contributed by atoms with van der Waals surface area (Å²) in [5.41, 5.74) is 3.71. The van der Waals surface area contributed by atoms with Crippen LogP contribution in [0.4, 0.5) is 0 Å². The normalized spacial score (nSPS) is 12.9. The average Bonchev–Trinajstić information content (AvgIpc) is 2.73. The number of nitrogens with zero attached hydrogens (tertiary/aromatic N) is 2. The summed E-state index contributed by atoms with van der Waals surface area (Å²) in [5, 5.41) is 8.03. The Morgan fingerprint density at radius 2 is 2.00 bits per heavy atom. The first-order chi connectivity index (χ1) is 9.97. The summed E-state index contributed by atoms with van der Waals surface area (Å²) in [6, 6.07) is 11.2. The van der Waals surface area contributed by atoms with Crippen molar-refractivity contribution in [3.05, 3.63) is 51.8 Å². The van der Waals surface area contributed by atoms with E-state index in [0.717, 1.165) is 18.7 Å². The van der Waals surface area contributed by atoms with Crippen molar-refractivity contribution in [1.29, 1.82) is 0 Å². The highest BCUT2D eigenvalue weighted by Gasteiger charge is 2.17. The van der Waals surface area contributed by atoms with Crippen LogP contribution in [0.15, 0.2) is 34.8 Å². The van der Waals surface area contributed by atoms with Crippen molar-refractivity contribution < 1.29 is 0 Å². The Balaban J connectivity index is 2.24. The van der Waals surface area contributed by atoms with Gasteiger partial charge in [0.05, 0.1) is 5.69 Å². The molecular weight excluding hydrogens is 326 g/mol. The Bertz CT molecular complexity index is 589. The highest BCUT2D eigenvalue weighted by Crippen LogP contribution is 2.27. The maximum absolute atomic E-state index is 4.46. The van der Waals surface area contributed by atoms with Gasteiger partial charge in [-0.1, -0.05) is 48.0 Å². The van der Waals surface area contributed by atoms with E-state index in [0.29, 0.717) is 12.0 Å². The number of aryl methyl sites for hydroxylation is 2. The second-order valence-corrected chi connectivity index (χ2v) is 6.74. The first-order valence-electron chi connectivity index (χ1n) is 7.44. The molecule has 21 heavy (non-hydrogen) atoms. The van der Waals surface area contributed by atoms with Crippen molar-refractivity contribution >= 4 is 15.9 Å². The molecule has 1 N–H and O–H groups in total. The van der Waals surface area contributed by atoms with E-state index in [9.17, 15) is 0 Å². The van der Waals surface area contributed by atoms with Gasteiger partial charge in [-0.15, -0.1) is 0 Å². The minimum atomic E-state index is 0.428. The fraction of sp³-hybridized carbons (Fsp3) is 0.471. The summed E-state index contributed by atoms with van der Waals surface area (Å²) in [6.07, 6.45) is 0.986. The van der Waals surface area contributed by atoms with Crippen LogP contribution in [0.25, 0.3) is 0 Å². The van der Waals surface area contributed by atoms with Gasteiger partial charge in [0.2, 0.25) is 0 Å². The third-order valence-corrected chi connectivity index (χ3v) is 4.39. The minimum Gasteiger partial charge on any atom is -0.314 e. The molecule has 0 aliphatic carbocycles. The summed E-state index contributed by atoms with van der Waals surface area (Å²) >= 11 is 3.69. The van der Waals surface area contributed by atoms with Crippen LogP contribution < -0.4 is 5.32 Å². The smallest absolute Gasteiger partial charge is 0.0596 e. The molecule has 0 amide bonds. The molecule has 0 fully saturated rings. The van der Waals surface area contributed by atoms with Gasteiger partial charge < -0.3 is 5.32 Å². The molecule has 1 atom stereocenters. The SMILES string of the molecule is Cc1cc(CC(CNC(C)C)c2ccccc2Br)n(C)n1. The molecule has 4 heteroatoms. The molecule has 3 nitrogen and oxygen atoms in total. The van der Waals surface area contributed by atoms with E-state index < -0.39 is 0 Å². The number of hydrogen-bond donors (Lipinski definition) is 1. The zero-order valence-electron chi connectivity index (χ0n) is 13.2. The fourth-order valence-corrected chi connectivity index (χ4v) is 3.19. The largest absolute Gasteiger partial charge is 0.314 e. The van der Waals surface area contributed by atoms with E-state index >= 15 is 0 Å². The molecule has 2 aromatic rings. The Morgan fingerprint density at radius 3 is 2.57 bits per heavy atom. The Labute approximate surface area is 135 Å².